The van der Waals surface area contributed by atoms with E-state index in [0.717, 1.165) is 6.42 Å². The van der Waals surface area contributed by atoms with E-state index in [9.17, 15) is 9.59 Å². The van der Waals surface area contributed by atoms with Crippen LogP contribution in [0.5, 0.6) is 0 Å². The van der Waals surface area contributed by atoms with Crippen LogP contribution in [0.1, 0.15) is 27.2 Å². The van der Waals surface area contributed by atoms with Gasteiger partial charge in [0.25, 0.3) is 5.56 Å². The van der Waals surface area contributed by atoms with E-state index in [4.69, 9.17) is 0 Å². The van der Waals surface area contributed by atoms with Crippen LogP contribution in [0, 0.1) is 0 Å². The Kier molecular flexibility index (Phi) is 5.60. The molecule has 0 bridgehead atoms. The molecule has 0 fully saturated rings. The third-order valence-electron chi connectivity index (χ3n) is 4.32. The Morgan fingerprint density at radius 1 is 1.19 bits per heavy atom. The molecule has 3 aromatic rings. The Bertz CT molecular complexity index is 1020. The van der Waals surface area contributed by atoms with Crippen molar-refractivity contribution in [2.75, 3.05) is 5.75 Å². The monoisotopic (exact) mass is 382 g/mol. The van der Waals surface area contributed by atoms with Crippen molar-refractivity contribution in [3.8, 4) is 5.69 Å². The number of fused-ring (bicyclic) bond motifs is 1. The second-order valence-electron chi connectivity index (χ2n) is 6.82. The fourth-order valence-electron chi connectivity index (χ4n) is 2.53. The molecule has 0 radical (unpaired) electrons. The van der Waals surface area contributed by atoms with Crippen molar-refractivity contribution in [3.63, 3.8) is 0 Å². The van der Waals surface area contributed by atoms with Gasteiger partial charge in [0.1, 0.15) is 0 Å². The summed E-state index contributed by atoms with van der Waals surface area (Å²) in [6, 6.07) is 12.7. The van der Waals surface area contributed by atoms with Crippen molar-refractivity contribution in [3.05, 3.63) is 59.0 Å². The third-order valence-corrected chi connectivity index (χ3v) is 5.26. The summed E-state index contributed by atoms with van der Waals surface area (Å²) in [5.74, 6) is 0.0722. The molecule has 2 heterocycles. The molecule has 6 nitrogen and oxygen atoms in total. The summed E-state index contributed by atoms with van der Waals surface area (Å²) in [5.41, 5.74) is 0.620. The van der Waals surface area contributed by atoms with E-state index in [-0.39, 0.29) is 22.8 Å². The van der Waals surface area contributed by atoms with Crippen molar-refractivity contribution in [1.29, 1.82) is 0 Å². The van der Waals surface area contributed by atoms with Gasteiger partial charge in [-0.05, 0) is 44.5 Å². The zero-order valence-electron chi connectivity index (χ0n) is 15.6. The highest BCUT2D eigenvalue weighted by molar-refractivity contribution is 7.99. The van der Waals surface area contributed by atoms with Crippen molar-refractivity contribution in [2.45, 2.75) is 37.9 Å². The highest BCUT2D eigenvalue weighted by Crippen LogP contribution is 2.20. The molecule has 0 spiro atoms. The van der Waals surface area contributed by atoms with E-state index in [2.05, 4.69) is 15.3 Å². The molecule has 0 aliphatic carbocycles. The largest absolute Gasteiger partial charge is 0.351 e. The molecule has 3 rings (SSSR count). The SMILES string of the molecule is CCC(C)(C)NC(=O)CSc1nc2ncccc2c(=O)n1-c1ccccc1. The fourth-order valence-corrected chi connectivity index (χ4v) is 3.34. The van der Waals surface area contributed by atoms with E-state index < -0.39 is 0 Å². The Balaban J connectivity index is 1.99. The third kappa shape index (κ3) is 4.36. The average molecular weight is 382 g/mol. The molecular formula is C20H22N4O2S. The van der Waals surface area contributed by atoms with Crippen LogP contribution in [-0.4, -0.2) is 31.7 Å². The molecule has 0 aliphatic rings. The predicted molar refractivity (Wildman–Crippen MR) is 108 cm³/mol. The number of pyridine rings is 1. The van der Waals surface area contributed by atoms with Crippen LogP contribution in [0.3, 0.4) is 0 Å². The number of hydrogen-bond donors (Lipinski definition) is 1. The molecule has 0 aliphatic heterocycles. The van der Waals surface area contributed by atoms with Gasteiger partial charge in [0.2, 0.25) is 5.91 Å². The summed E-state index contributed by atoms with van der Waals surface area (Å²) < 4.78 is 1.53. The molecule has 0 atom stereocenters. The topological polar surface area (TPSA) is 76.9 Å². The van der Waals surface area contributed by atoms with Crippen LogP contribution < -0.4 is 10.9 Å². The fraction of sp³-hybridized carbons (Fsp3) is 0.300. The summed E-state index contributed by atoms with van der Waals surface area (Å²) in [6.07, 6.45) is 2.43. The zero-order chi connectivity index (χ0) is 19.4. The molecule has 27 heavy (non-hydrogen) atoms. The zero-order valence-corrected chi connectivity index (χ0v) is 16.4. The van der Waals surface area contributed by atoms with Gasteiger partial charge in [0.15, 0.2) is 10.8 Å². The second kappa shape index (κ2) is 7.92. The van der Waals surface area contributed by atoms with Crippen LogP contribution in [0.25, 0.3) is 16.7 Å². The summed E-state index contributed by atoms with van der Waals surface area (Å²) in [7, 11) is 0. The van der Waals surface area contributed by atoms with Crippen LogP contribution in [0.2, 0.25) is 0 Å². The van der Waals surface area contributed by atoms with Crippen molar-refractivity contribution in [2.24, 2.45) is 0 Å². The molecule has 1 N–H and O–H groups in total. The predicted octanol–water partition coefficient (Wildman–Crippen LogP) is 3.18. The minimum Gasteiger partial charge on any atom is -0.351 e. The lowest BCUT2D eigenvalue weighted by molar-refractivity contribution is -0.120. The van der Waals surface area contributed by atoms with Gasteiger partial charge in [0, 0.05) is 11.7 Å². The summed E-state index contributed by atoms with van der Waals surface area (Å²) in [5, 5.41) is 3.89. The molecule has 140 valence electrons. The number of nitrogens with zero attached hydrogens (tertiary/aromatic N) is 3. The number of benzene rings is 1. The first-order chi connectivity index (χ1) is 12.9. The molecule has 1 amide bonds. The van der Waals surface area contributed by atoms with E-state index >= 15 is 0 Å². The van der Waals surface area contributed by atoms with Crippen molar-refractivity contribution >= 4 is 28.7 Å². The van der Waals surface area contributed by atoms with Crippen molar-refractivity contribution < 1.29 is 4.79 Å². The van der Waals surface area contributed by atoms with Crippen LogP contribution in [0.4, 0.5) is 0 Å². The number of carbonyl (C=O) groups excluding carboxylic acids is 1. The van der Waals surface area contributed by atoms with Crippen LogP contribution >= 0.6 is 11.8 Å². The van der Waals surface area contributed by atoms with E-state index in [1.54, 1.807) is 18.3 Å². The second-order valence-corrected chi connectivity index (χ2v) is 7.76. The molecule has 0 unspecified atom stereocenters. The molecular weight excluding hydrogens is 360 g/mol. The maximum absolute atomic E-state index is 13.0. The van der Waals surface area contributed by atoms with Crippen LogP contribution in [-0.2, 0) is 4.79 Å². The molecule has 7 heteroatoms. The number of amides is 1. The summed E-state index contributed by atoms with van der Waals surface area (Å²) in [6.45, 7) is 5.98. The maximum atomic E-state index is 13.0. The summed E-state index contributed by atoms with van der Waals surface area (Å²) in [4.78, 5) is 34.1. The first-order valence-electron chi connectivity index (χ1n) is 8.78. The molecule has 0 saturated carbocycles. The number of hydrogen-bond acceptors (Lipinski definition) is 5. The molecule has 0 saturated heterocycles. The van der Waals surface area contributed by atoms with Gasteiger partial charge in [-0.2, -0.15) is 0 Å². The van der Waals surface area contributed by atoms with Crippen molar-refractivity contribution in [1.82, 2.24) is 19.9 Å². The first kappa shape index (κ1) is 19.1. The van der Waals surface area contributed by atoms with E-state index in [0.29, 0.717) is 21.9 Å². The Labute approximate surface area is 162 Å². The Morgan fingerprint density at radius 3 is 2.63 bits per heavy atom. The number of thioether (sulfide) groups is 1. The summed E-state index contributed by atoms with van der Waals surface area (Å²) >= 11 is 1.23. The lowest BCUT2D eigenvalue weighted by atomic mass is 10.0. The number of para-hydroxylation sites is 1. The van der Waals surface area contributed by atoms with Gasteiger partial charge in [-0.25, -0.2) is 9.97 Å². The minimum absolute atomic E-state index is 0.0955. The first-order valence-corrected chi connectivity index (χ1v) is 9.77. The molecule has 2 aromatic heterocycles. The van der Waals surface area contributed by atoms with Gasteiger partial charge >= 0.3 is 0 Å². The lowest BCUT2D eigenvalue weighted by Gasteiger charge is -2.24. The van der Waals surface area contributed by atoms with E-state index in [1.165, 1.54) is 16.3 Å². The lowest BCUT2D eigenvalue weighted by Crippen LogP contribution is -2.43. The Morgan fingerprint density at radius 2 is 1.93 bits per heavy atom. The highest BCUT2D eigenvalue weighted by Gasteiger charge is 2.19. The Hall–Kier alpha value is -2.67. The molecule has 1 aromatic carbocycles. The number of rotatable bonds is 6. The quantitative estimate of drug-likeness (QED) is 0.523. The highest BCUT2D eigenvalue weighted by atomic mass is 32.2. The minimum atomic E-state index is -0.269. The van der Waals surface area contributed by atoms with E-state index in [1.807, 2.05) is 51.1 Å². The number of nitrogens with one attached hydrogen (secondary N) is 1. The smallest absolute Gasteiger partial charge is 0.268 e. The van der Waals surface area contributed by atoms with Crippen LogP contribution in [0.15, 0.2) is 58.6 Å². The number of aromatic nitrogens is 3. The van der Waals surface area contributed by atoms with Gasteiger partial charge in [-0.1, -0.05) is 36.9 Å². The standard InChI is InChI=1S/C20H22N4O2S/c1-4-20(2,3)23-16(25)13-27-19-22-17-15(11-8-12-21-17)18(26)24(19)14-9-6-5-7-10-14/h5-12H,4,13H2,1-3H3,(H,23,25). The van der Waals surface area contributed by atoms with Gasteiger partial charge in [-0.15, -0.1) is 0 Å². The number of carbonyl (C=O) groups is 1. The maximum Gasteiger partial charge on any atom is 0.268 e. The van der Waals surface area contributed by atoms with Gasteiger partial charge in [-0.3, -0.25) is 14.2 Å². The normalized spacial score (nSPS) is 11.5. The van der Waals surface area contributed by atoms with Gasteiger partial charge in [0.05, 0.1) is 16.8 Å². The van der Waals surface area contributed by atoms with Gasteiger partial charge < -0.3 is 5.32 Å². The average Bonchev–Trinajstić information content (AvgIpc) is 2.67.